The van der Waals surface area contributed by atoms with E-state index in [9.17, 15) is 4.79 Å². The summed E-state index contributed by atoms with van der Waals surface area (Å²) in [4.78, 5) is 21.5. The van der Waals surface area contributed by atoms with E-state index in [4.69, 9.17) is 28.2 Å². The number of carbonyl (C=O) groups excluding carboxylic acids is 1. The van der Waals surface area contributed by atoms with Crippen LogP contribution in [0.3, 0.4) is 0 Å². The number of thiazole rings is 1. The van der Waals surface area contributed by atoms with Crippen LogP contribution in [0.5, 0.6) is 0 Å². The zero-order chi connectivity index (χ0) is 18.1. The van der Waals surface area contributed by atoms with Crippen LogP contribution in [0.25, 0.3) is 11.3 Å². The van der Waals surface area contributed by atoms with Gasteiger partial charge in [0.25, 0.3) is 5.91 Å². The fourth-order valence-corrected chi connectivity index (χ4v) is 4.70. The molecule has 1 aromatic carbocycles. The van der Waals surface area contributed by atoms with E-state index in [1.54, 1.807) is 40.9 Å². The lowest BCUT2D eigenvalue weighted by Crippen LogP contribution is -2.48. The average Bonchev–Trinajstić information content (AvgIpc) is 3.35. The number of hydrogen-bond acceptors (Lipinski definition) is 5. The Morgan fingerprint density at radius 3 is 2.54 bits per heavy atom. The van der Waals surface area contributed by atoms with Gasteiger partial charge in [-0.2, -0.15) is 11.3 Å². The molecule has 0 N–H and O–H groups in total. The normalized spacial score (nSPS) is 14.7. The summed E-state index contributed by atoms with van der Waals surface area (Å²) in [6.07, 6.45) is 0. The third-order valence-electron chi connectivity index (χ3n) is 4.31. The number of rotatable bonds is 3. The molecule has 0 radical (unpaired) electrons. The molecule has 1 saturated heterocycles. The fraction of sp³-hybridized carbons (Fsp3) is 0.222. The molecule has 2 aromatic heterocycles. The number of carbonyl (C=O) groups is 1. The highest BCUT2D eigenvalue weighted by Gasteiger charge is 2.24. The summed E-state index contributed by atoms with van der Waals surface area (Å²) in [6, 6.07) is 7.09. The Morgan fingerprint density at radius 2 is 1.85 bits per heavy atom. The standard InChI is InChI=1S/C18H15Cl2N3OS2/c19-14-2-1-12(9-15(14)20)17(24)22-4-6-23(7-5-22)18-21-16(11-26-18)13-3-8-25-10-13/h1-3,8-11H,4-7H2. The quantitative estimate of drug-likeness (QED) is 0.584. The third kappa shape index (κ3) is 3.60. The van der Waals surface area contributed by atoms with Crippen LogP contribution in [-0.2, 0) is 0 Å². The molecule has 1 aliphatic heterocycles. The smallest absolute Gasteiger partial charge is 0.254 e. The lowest BCUT2D eigenvalue weighted by molar-refractivity contribution is 0.0747. The molecular weight excluding hydrogens is 409 g/mol. The lowest BCUT2D eigenvalue weighted by atomic mass is 10.2. The molecule has 3 aromatic rings. The molecule has 0 unspecified atom stereocenters. The molecule has 0 atom stereocenters. The van der Waals surface area contributed by atoms with Gasteiger partial charge < -0.3 is 9.80 Å². The Hall–Kier alpha value is -1.60. The fourth-order valence-electron chi connectivity index (χ4n) is 2.86. The molecule has 26 heavy (non-hydrogen) atoms. The largest absolute Gasteiger partial charge is 0.345 e. The van der Waals surface area contributed by atoms with Crippen LogP contribution in [0.1, 0.15) is 10.4 Å². The summed E-state index contributed by atoms with van der Waals surface area (Å²) in [5.74, 6) is -0.0127. The maximum atomic E-state index is 12.7. The van der Waals surface area contributed by atoms with E-state index in [-0.39, 0.29) is 5.91 Å². The number of anilines is 1. The number of amides is 1. The van der Waals surface area contributed by atoms with Gasteiger partial charge in [-0.25, -0.2) is 4.98 Å². The van der Waals surface area contributed by atoms with Gasteiger partial charge in [0, 0.05) is 48.1 Å². The van der Waals surface area contributed by atoms with Crippen LogP contribution in [-0.4, -0.2) is 42.0 Å². The zero-order valence-corrected chi connectivity index (χ0v) is 16.8. The van der Waals surface area contributed by atoms with E-state index in [2.05, 4.69) is 27.1 Å². The summed E-state index contributed by atoms with van der Waals surface area (Å²) < 4.78 is 0. The van der Waals surface area contributed by atoms with E-state index in [0.29, 0.717) is 28.7 Å². The van der Waals surface area contributed by atoms with Crippen LogP contribution in [0.15, 0.2) is 40.4 Å². The monoisotopic (exact) mass is 423 g/mol. The topological polar surface area (TPSA) is 36.4 Å². The highest BCUT2D eigenvalue weighted by Crippen LogP contribution is 2.29. The van der Waals surface area contributed by atoms with E-state index >= 15 is 0 Å². The Bertz CT molecular complexity index is 918. The summed E-state index contributed by atoms with van der Waals surface area (Å²) in [6.45, 7) is 2.85. The van der Waals surface area contributed by atoms with Gasteiger partial charge in [0.05, 0.1) is 15.7 Å². The first-order valence-corrected chi connectivity index (χ1v) is 10.7. The van der Waals surface area contributed by atoms with Crippen molar-refractivity contribution < 1.29 is 4.79 Å². The first-order valence-electron chi connectivity index (χ1n) is 8.09. The molecule has 134 valence electrons. The van der Waals surface area contributed by atoms with Crippen LogP contribution < -0.4 is 4.90 Å². The molecule has 1 aliphatic rings. The second-order valence-corrected chi connectivity index (χ2v) is 8.37. The minimum atomic E-state index is -0.0127. The van der Waals surface area contributed by atoms with Gasteiger partial charge in [-0.3, -0.25) is 4.79 Å². The third-order valence-corrected chi connectivity index (χ3v) is 6.64. The summed E-state index contributed by atoms with van der Waals surface area (Å²) in [5, 5.41) is 8.12. The van der Waals surface area contributed by atoms with Crippen molar-refractivity contribution in [2.24, 2.45) is 0 Å². The SMILES string of the molecule is O=C(c1ccc(Cl)c(Cl)c1)N1CCN(c2nc(-c3ccsc3)cs2)CC1. The molecule has 1 amide bonds. The minimum Gasteiger partial charge on any atom is -0.345 e. The highest BCUT2D eigenvalue weighted by molar-refractivity contribution is 7.14. The number of piperazine rings is 1. The van der Waals surface area contributed by atoms with Gasteiger partial charge in [0.1, 0.15) is 0 Å². The average molecular weight is 424 g/mol. The van der Waals surface area contributed by atoms with Crippen LogP contribution in [0.4, 0.5) is 5.13 Å². The highest BCUT2D eigenvalue weighted by atomic mass is 35.5. The summed E-state index contributed by atoms with van der Waals surface area (Å²) in [5.41, 5.74) is 2.74. The zero-order valence-electron chi connectivity index (χ0n) is 13.7. The number of nitrogens with zero attached hydrogens (tertiary/aromatic N) is 3. The molecule has 0 spiro atoms. The number of thiophene rings is 1. The molecule has 4 rings (SSSR count). The predicted octanol–water partition coefficient (Wildman–Crippen LogP) is 5.14. The van der Waals surface area contributed by atoms with E-state index < -0.39 is 0 Å². The second-order valence-electron chi connectivity index (χ2n) is 5.94. The van der Waals surface area contributed by atoms with Crippen LogP contribution in [0.2, 0.25) is 10.0 Å². The maximum Gasteiger partial charge on any atom is 0.254 e. The van der Waals surface area contributed by atoms with Crippen molar-refractivity contribution >= 4 is 56.9 Å². The Morgan fingerprint density at radius 1 is 1.04 bits per heavy atom. The summed E-state index contributed by atoms with van der Waals surface area (Å²) in [7, 11) is 0. The van der Waals surface area contributed by atoms with Crippen molar-refractivity contribution in [1.82, 2.24) is 9.88 Å². The second kappa shape index (κ2) is 7.56. The van der Waals surface area contributed by atoms with Crippen molar-refractivity contribution in [3.63, 3.8) is 0 Å². The van der Waals surface area contributed by atoms with Gasteiger partial charge >= 0.3 is 0 Å². The van der Waals surface area contributed by atoms with Crippen molar-refractivity contribution in [2.45, 2.75) is 0 Å². The Balaban J connectivity index is 1.41. The van der Waals surface area contributed by atoms with Crippen molar-refractivity contribution in [1.29, 1.82) is 0 Å². The van der Waals surface area contributed by atoms with Gasteiger partial charge in [-0.15, -0.1) is 11.3 Å². The number of hydrogen-bond donors (Lipinski definition) is 0. The van der Waals surface area contributed by atoms with Crippen LogP contribution >= 0.6 is 45.9 Å². The van der Waals surface area contributed by atoms with E-state index in [1.807, 2.05) is 4.90 Å². The van der Waals surface area contributed by atoms with Gasteiger partial charge in [-0.05, 0) is 29.6 Å². The lowest BCUT2D eigenvalue weighted by Gasteiger charge is -2.34. The van der Waals surface area contributed by atoms with Gasteiger partial charge in [0.2, 0.25) is 0 Å². The van der Waals surface area contributed by atoms with E-state index in [1.165, 1.54) is 0 Å². The maximum absolute atomic E-state index is 12.7. The minimum absolute atomic E-state index is 0.0127. The molecule has 8 heteroatoms. The molecule has 1 fully saturated rings. The first-order chi connectivity index (χ1) is 12.6. The number of halogens is 2. The first kappa shape index (κ1) is 17.8. The molecule has 0 bridgehead atoms. The van der Waals surface area contributed by atoms with Gasteiger partial charge in [-0.1, -0.05) is 23.2 Å². The van der Waals surface area contributed by atoms with Crippen molar-refractivity contribution in [2.75, 3.05) is 31.1 Å². The van der Waals surface area contributed by atoms with Crippen LogP contribution in [0, 0.1) is 0 Å². The Kier molecular flexibility index (Phi) is 5.18. The number of benzene rings is 1. The molecule has 0 aliphatic carbocycles. The van der Waals surface area contributed by atoms with Crippen molar-refractivity contribution in [3.8, 4) is 11.3 Å². The number of aromatic nitrogens is 1. The molecule has 4 nitrogen and oxygen atoms in total. The molecule has 3 heterocycles. The van der Waals surface area contributed by atoms with Gasteiger partial charge in [0.15, 0.2) is 5.13 Å². The van der Waals surface area contributed by atoms with E-state index in [0.717, 1.165) is 29.5 Å². The Labute approximate surface area is 169 Å². The molecule has 0 saturated carbocycles. The molecular formula is C18H15Cl2N3OS2. The predicted molar refractivity (Wildman–Crippen MR) is 110 cm³/mol. The summed E-state index contributed by atoms with van der Waals surface area (Å²) >= 11 is 15.3. The van der Waals surface area contributed by atoms with Crippen molar-refractivity contribution in [3.05, 3.63) is 56.0 Å².